The molecule has 1 heterocycles. The van der Waals surface area contributed by atoms with Gasteiger partial charge < -0.3 is 10.2 Å². The van der Waals surface area contributed by atoms with E-state index < -0.39 is 12.2 Å². The molecule has 120 valence electrons. The highest BCUT2D eigenvalue weighted by molar-refractivity contribution is 5.30. The lowest BCUT2D eigenvalue weighted by atomic mass is 9.55. The summed E-state index contributed by atoms with van der Waals surface area (Å²) >= 11 is 0. The second-order valence-electron chi connectivity index (χ2n) is 8.05. The Morgan fingerprint density at radius 3 is 2.86 bits per heavy atom. The van der Waals surface area contributed by atoms with Crippen LogP contribution in [-0.4, -0.2) is 35.0 Å². The van der Waals surface area contributed by atoms with E-state index in [-0.39, 0.29) is 11.8 Å². The molecule has 1 saturated heterocycles. The average Bonchev–Trinajstić information content (AvgIpc) is 3.12. The van der Waals surface area contributed by atoms with Crippen molar-refractivity contribution in [2.24, 2.45) is 35.5 Å². The first-order valence-electron chi connectivity index (χ1n) is 8.97. The summed E-state index contributed by atoms with van der Waals surface area (Å²) in [7, 11) is 0. The number of allylic oxidation sites excluding steroid dienone is 3. The third-order valence-electron chi connectivity index (χ3n) is 7.32. The van der Waals surface area contributed by atoms with Crippen molar-refractivity contribution in [3.8, 4) is 0 Å². The predicted octanol–water partition coefficient (Wildman–Crippen LogP) is 0.979. The van der Waals surface area contributed by atoms with Crippen LogP contribution in [0.3, 0.4) is 0 Å². The van der Waals surface area contributed by atoms with E-state index in [1.807, 2.05) is 0 Å². The van der Waals surface area contributed by atoms with Gasteiger partial charge in [0.1, 0.15) is 0 Å². The van der Waals surface area contributed by atoms with Crippen LogP contribution in [0.15, 0.2) is 23.8 Å². The predicted molar refractivity (Wildman–Crippen MR) is 83.6 cm³/mol. The van der Waals surface area contributed by atoms with Gasteiger partial charge >= 0.3 is 0 Å². The highest BCUT2D eigenvalue weighted by atomic mass is 16.3. The molecule has 4 nitrogen and oxygen atoms in total. The molecule has 0 spiro atoms. The molecule has 0 bridgehead atoms. The molecule has 0 aromatic carbocycles. The first-order chi connectivity index (χ1) is 10.8. The van der Waals surface area contributed by atoms with Crippen molar-refractivity contribution in [1.82, 2.24) is 10.9 Å². The number of nitrogens with one attached hydrogen (secondary N) is 2. The van der Waals surface area contributed by atoms with Gasteiger partial charge in [0.05, 0.1) is 12.2 Å². The SMILES string of the molecule is OC1C2CC=CC=C2C2CCC3C(CC4CNNC43)C2C1O. The molecule has 5 rings (SSSR count). The maximum atomic E-state index is 10.9. The summed E-state index contributed by atoms with van der Waals surface area (Å²) in [5.74, 6) is 2.84. The summed E-state index contributed by atoms with van der Waals surface area (Å²) < 4.78 is 0. The van der Waals surface area contributed by atoms with Gasteiger partial charge in [0.2, 0.25) is 0 Å². The molecule has 4 aliphatic carbocycles. The van der Waals surface area contributed by atoms with Gasteiger partial charge in [-0.25, -0.2) is 0 Å². The Bertz CT molecular complexity index is 531. The molecule has 0 amide bonds. The van der Waals surface area contributed by atoms with Gasteiger partial charge in [0.15, 0.2) is 0 Å². The standard InChI is InChI=1S/C18H26N2O2/c21-17-13-4-2-1-3-10(13)11-5-6-12-14(15(11)18(17)22)7-9-8-19-20-16(9)12/h1-3,9,11-22H,4-8H2. The summed E-state index contributed by atoms with van der Waals surface area (Å²) in [4.78, 5) is 0. The Morgan fingerprint density at radius 2 is 1.95 bits per heavy atom. The number of fused-ring (bicyclic) bond motifs is 7. The monoisotopic (exact) mass is 302 g/mol. The van der Waals surface area contributed by atoms with Gasteiger partial charge in [-0.1, -0.05) is 23.8 Å². The second-order valence-corrected chi connectivity index (χ2v) is 8.05. The van der Waals surface area contributed by atoms with Crippen LogP contribution in [0.25, 0.3) is 0 Å². The second kappa shape index (κ2) is 4.91. The minimum Gasteiger partial charge on any atom is -0.390 e. The molecule has 1 aliphatic heterocycles. The van der Waals surface area contributed by atoms with Crippen molar-refractivity contribution in [3.05, 3.63) is 23.8 Å². The Kier molecular flexibility index (Phi) is 3.06. The quantitative estimate of drug-likeness (QED) is 0.539. The molecule has 3 saturated carbocycles. The van der Waals surface area contributed by atoms with Crippen LogP contribution in [0, 0.1) is 35.5 Å². The normalized spacial score (nSPS) is 55.9. The molecular formula is C18H26N2O2. The zero-order valence-electron chi connectivity index (χ0n) is 12.9. The largest absolute Gasteiger partial charge is 0.390 e. The average molecular weight is 302 g/mol. The molecule has 4 heteroatoms. The van der Waals surface area contributed by atoms with Crippen LogP contribution in [0.5, 0.6) is 0 Å². The number of hydrazine groups is 1. The van der Waals surface area contributed by atoms with Crippen molar-refractivity contribution in [1.29, 1.82) is 0 Å². The molecule has 9 atom stereocenters. The van der Waals surface area contributed by atoms with E-state index in [4.69, 9.17) is 0 Å². The summed E-state index contributed by atoms with van der Waals surface area (Å²) in [6.45, 7) is 1.06. The molecule has 9 unspecified atom stereocenters. The van der Waals surface area contributed by atoms with Gasteiger partial charge in [-0.05, 0) is 55.3 Å². The van der Waals surface area contributed by atoms with Crippen molar-refractivity contribution < 1.29 is 10.2 Å². The van der Waals surface area contributed by atoms with Crippen molar-refractivity contribution in [2.45, 2.75) is 43.9 Å². The number of hydrogen-bond acceptors (Lipinski definition) is 4. The Hall–Kier alpha value is -0.680. The van der Waals surface area contributed by atoms with Crippen LogP contribution in [0.4, 0.5) is 0 Å². The fraction of sp³-hybridized carbons (Fsp3) is 0.778. The molecule has 22 heavy (non-hydrogen) atoms. The lowest BCUT2D eigenvalue weighted by Crippen LogP contribution is -2.55. The van der Waals surface area contributed by atoms with Crippen molar-refractivity contribution in [2.75, 3.05) is 6.54 Å². The van der Waals surface area contributed by atoms with E-state index in [1.54, 1.807) is 0 Å². The van der Waals surface area contributed by atoms with Crippen molar-refractivity contribution >= 4 is 0 Å². The van der Waals surface area contributed by atoms with Gasteiger partial charge in [-0.3, -0.25) is 10.9 Å². The molecule has 0 aromatic rings. The van der Waals surface area contributed by atoms with E-state index in [0.29, 0.717) is 29.7 Å². The summed E-state index contributed by atoms with van der Waals surface area (Å²) in [6.07, 6.45) is 9.92. The Labute approximate surface area is 131 Å². The van der Waals surface area contributed by atoms with Crippen LogP contribution < -0.4 is 10.9 Å². The zero-order chi connectivity index (χ0) is 14.8. The minimum absolute atomic E-state index is 0.151. The van der Waals surface area contributed by atoms with Gasteiger partial charge in [0.25, 0.3) is 0 Å². The zero-order valence-corrected chi connectivity index (χ0v) is 12.9. The molecule has 5 aliphatic rings. The summed E-state index contributed by atoms with van der Waals surface area (Å²) in [5.41, 5.74) is 8.21. The topological polar surface area (TPSA) is 64.5 Å². The lowest BCUT2D eigenvalue weighted by molar-refractivity contribution is -0.110. The molecule has 0 radical (unpaired) electrons. The van der Waals surface area contributed by atoms with Gasteiger partial charge in [-0.15, -0.1) is 0 Å². The van der Waals surface area contributed by atoms with Crippen LogP contribution in [0.2, 0.25) is 0 Å². The number of hydrogen-bond donors (Lipinski definition) is 4. The summed E-state index contributed by atoms with van der Waals surface area (Å²) in [5, 5.41) is 21.6. The molecule has 0 aromatic heterocycles. The highest BCUT2D eigenvalue weighted by Gasteiger charge is 2.57. The lowest BCUT2D eigenvalue weighted by Gasteiger charge is -2.52. The van der Waals surface area contributed by atoms with E-state index >= 15 is 0 Å². The van der Waals surface area contributed by atoms with Crippen LogP contribution in [-0.2, 0) is 0 Å². The first kappa shape index (κ1) is 13.7. The molecular weight excluding hydrogens is 276 g/mol. The first-order valence-corrected chi connectivity index (χ1v) is 8.97. The van der Waals surface area contributed by atoms with E-state index in [0.717, 1.165) is 13.0 Å². The van der Waals surface area contributed by atoms with E-state index in [9.17, 15) is 10.2 Å². The van der Waals surface area contributed by atoms with Gasteiger partial charge in [0, 0.05) is 18.5 Å². The van der Waals surface area contributed by atoms with E-state index in [2.05, 4.69) is 29.1 Å². The third kappa shape index (κ3) is 1.72. The number of aliphatic hydroxyl groups excluding tert-OH is 2. The van der Waals surface area contributed by atoms with Crippen LogP contribution >= 0.6 is 0 Å². The fourth-order valence-electron chi connectivity index (χ4n) is 6.47. The van der Waals surface area contributed by atoms with Crippen LogP contribution in [0.1, 0.15) is 25.7 Å². The molecule has 4 fully saturated rings. The van der Waals surface area contributed by atoms with Gasteiger partial charge in [-0.2, -0.15) is 0 Å². The fourth-order valence-corrected chi connectivity index (χ4v) is 6.47. The Morgan fingerprint density at radius 1 is 1.05 bits per heavy atom. The molecule has 4 N–H and O–H groups in total. The number of rotatable bonds is 0. The Balaban J connectivity index is 1.50. The maximum absolute atomic E-state index is 10.9. The maximum Gasteiger partial charge on any atom is 0.0870 e. The number of aliphatic hydroxyl groups is 2. The highest BCUT2D eigenvalue weighted by Crippen LogP contribution is 2.57. The minimum atomic E-state index is -0.581. The smallest absolute Gasteiger partial charge is 0.0870 e. The van der Waals surface area contributed by atoms with Crippen molar-refractivity contribution in [3.63, 3.8) is 0 Å². The third-order valence-corrected chi connectivity index (χ3v) is 7.32. The summed E-state index contributed by atoms with van der Waals surface area (Å²) in [6, 6.07) is 0.577. The van der Waals surface area contributed by atoms with E-state index in [1.165, 1.54) is 24.8 Å².